The van der Waals surface area contributed by atoms with Crippen LogP contribution in [0.5, 0.6) is 0 Å². The van der Waals surface area contributed by atoms with E-state index in [1.807, 2.05) is 6.07 Å². The maximum Gasteiger partial charge on any atom is 0.159 e. The van der Waals surface area contributed by atoms with Gasteiger partial charge in [0.25, 0.3) is 0 Å². The van der Waals surface area contributed by atoms with Crippen LogP contribution in [0.2, 0.25) is 0 Å². The highest BCUT2D eigenvalue weighted by molar-refractivity contribution is 7.99. The van der Waals surface area contributed by atoms with E-state index in [1.165, 1.54) is 0 Å². The predicted octanol–water partition coefficient (Wildman–Crippen LogP) is 2.79. The summed E-state index contributed by atoms with van der Waals surface area (Å²) in [6.07, 6.45) is 2.81. The minimum Gasteiger partial charge on any atom is -0.295 e. The monoisotopic (exact) mass is 195 g/mol. The highest BCUT2D eigenvalue weighted by atomic mass is 32.2. The second kappa shape index (κ2) is 5.02. The fraction of sp³-hybridized carbons (Fsp3) is 0.400. The van der Waals surface area contributed by atoms with Crippen molar-refractivity contribution in [1.29, 1.82) is 0 Å². The van der Waals surface area contributed by atoms with Crippen LogP contribution in [0, 0.1) is 0 Å². The number of hydrogen-bond acceptors (Lipinski definition) is 3. The largest absolute Gasteiger partial charge is 0.295 e. The van der Waals surface area contributed by atoms with Crippen molar-refractivity contribution >= 4 is 17.5 Å². The first-order valence-corrected chi connectivity index (χ1v) is 5.32. The van der Waals surface area contributed by atoms with E-state index in [9.17, 15) is 4.79 Å². The average Bonchev–Trinajstić information content (AvgIpc) is 2.15. The first-order valence-electron chi connectivity index (χ1n) is 4.34. The first kappa shape index (κ1) is 10.3. The molecule has 1 aromatic heterocycles. The van der Waals surface area contributed by atoms with Crippen molar-refractivity contribution in [1.82, 2.24) is 4.98 Å². The lowest BCUT2D eigenvalue weighted by Gasteiger charge is -2.00. The van der Waals surface area contributed by atoms with E-state index in [0.717, 1.165) is 22.8 Å². The van der Waals surface area contributed by atoms with E-state index in [4.69, 9.17) is 0 Å². The second-order valence-electron chi connectivity index (χ2n) is 2.79. The lowest BCUT2D eigenvalue weighted by Crippen LogP contribution is -1.93. The van der Waals surface area contributed by atoms with Gasteiger partial charge in [0.15, 0.2) is 5.78 Å². The first-order chi connectivity index (χ1) is 6.24. The zero-order valence-electron chi connectivity index (χ0n) is 7.91. The molecule has 70 valence electrons. The summed E-state index contributed by atoms with van der Waals surface area (Å²) in [6, 6.07) is 3.60. The molecular weight excluding hydrogens is 182 g/mol. The molecule has 13 heavy (non-hydrogen) atoms. The van der Waals surface area contributed by atoms with Gasteiger partial charge in [0.1, 0.15) is 0 Å². The average molecular weight is 195 g/mol. The molecule has 0 aliphatic rings. The maximum absolute atomic E-state index is 11.0. The number of nitrogens with zero attached hydrogens (tertiary/aromatic N) is 1. The van der Waals surface area contributed by atoms with E-state index >= 15 is 0 Å². The van der Waals surface area contributed by atoms with Crippen molar-refractivity contribution in [2.45, 2.75) is 25.3 Å². The third-order valence-electron chi connectivity index (χ3n) is 1.60. The molecule has 0 fully saturated rings. The minimum absolute atomic E-state index is 0.0979. The molecule has 0 unspecified atom stereocenters. The molecule has 0 aliphatic carbocycles. The molecule has 0 saturated carbocycles. The van der Waals surface area contributed by atoms with Crippen molar-refractivity contribution in [3.8, 4) is 0 Å². The van der Waals surface area contributed by atoms with Crippen LogP contribution in [-0.4, -0.2) is 16.5 Å². The van der Waals surface area contributed by atoms with Gasteiger partial charge in [-0.2, -0.15) is 0 Å². The highest BCUT2D eigenvalue weighted by Crippen LogP contribution is 2.16. The molecule has 1 aromatic rings. The molecule has 0 amide bonds. The van der Waals surface area contributed by atoms with Crippen LogP contribution in [0.4, 0.5) is 0 Å². The van der Waals surface area contributed by atoms with Crippen molar-refractivity contribution in [3.05, 3.63) is 23.9 Å². The van der Waals surface area contributed by atoms with Crippen molar-refractivity contribution in [2.24, 2.45) is 0 Å². The van der Waals surface area contributed by atoms with Crippen LogP contribution in [0.15, 0.2) is 23.4 Å². The normalized spacial score (nSPS) is 10.0. The Kier molecular flexibility index (Phi) is 3.96. The molecule has 1 heterocycles. The lowest BCUT2D eigenvalue weighted by molar-refractivity contribution is 0.101. The van der Waals surface area contributed by atoms with Crippen LogP contribution in [0.3, 0.4) is 0 Å². The summed E-state index contributed by atoms with van der Waals surface area (Å²) in [5.41, 5.74) is 0.744. The molecule has 0 aromatic carbocycles. The third kappa shape index (κ3) is 3.19. The molecule has 0 bridgehead atoms. The lowest BCUT2D eigenvalue weighted by atomic mass is 10.2. The van der Waals surface area contributed by atoms with E-state index in [-0.39, 0.29) is 5.78 Å². The Balaban J connectivity index is 2.73. The van der Waals surface area contributed by atoms with Gasteiger partial charge >= 0.3 is 0 Å². The Morgan fingerprint density at radius 1 is 1.62 bits per heavy atom. The molecular formula is C10H13NOS. The molecule has 0 atom stereocenters. The molecule has 0 N–H and O–H groups in total. The number of pyridine rings is 1. The zero-order valence-corrected chi connectivity index (χ0v) is 8.73. The maximum atomic E-state index is 11.0. The standard InChI is InChI=1S/C10H13NOS/c1-3-6-13-10-7-9(8(2)12)4-5-11-10/h4-5,7H,3,6H2,1-2H3. The quantitative estimate of drug-likeness (QED) is 0.546. The highest BCUT2D eigenvalue weighted by Gasteiger charge is 2.00. The number of rotatable bonds is 4. The number of Topliss-reactive ketones (excluding diaryl/α,β-unsaturated/α-hetero) is 1. The number of hydrogen-bond donors (Lipinski definition) is 0. The number of carbonyl (C=O) groups is 1. The van der Waals surface area contributed by atoms with Crippen LogP contribution in [0.1, 0.15) is 30.6 Å². The van der Waals surface area contributed by atoms with Gasteiger partial charge in [-0.1, -0.05) is 6.92 Å². The molecule has 0 spiro atoms. The summed E-state index contributed by atoms with van der Waals surface area (Å²) in [6.45, 7) is 3.70. The summed E-state index contributed by atoms with van der Waals surface area (Å²) in [5, 5.41) is 0.939. The number of carbonyl (C=O) groups excluding carboxylic acids is 1. The Morgan fingerprint density at radius 3 is 3.00 bits per heavy atom. The van der Waals surface area contributed by atoms with Gasteiger partial charge in [-0.15, -0.1) is 11.8 Å². The fourth-order valence-corrected chi connectivity index (χ4v) is 1.67. The number of thioether (sulfide) groups is 1. The summed E-state index contributed by atoms with van der Waals surface area (Å²) < 4.78 is 0. The Bertz CT molecular complexity index is 299. The second-order valence-corrected chi connectivity index (χ2v) is 3.90. The van der Waals surface area contributed by atoms with Crippen LogP contribution >= 0.6 is 11.8 Å². The molecule has 2 nitrogen and oxygen atoms in total. The van der Waals surface area contributed by atoms with Gasteiger partial charge in [-0.25, -0.2) is 4.98 Å². The van der Waals surface area contributed by atoms with Crippen molar-refractivity contribution < 1.29 is 4.79 Å². The zero-order chi connectivity index (χ0) is 9.68. The Morgan fingerprint density at radius 2 is 2.38 bits per heavy atom. The smallest absolute Gasteiger partial charge is 0.159 e. The van der Waals surface area contributed by atoms with Crippen molar-refractivity contribution in [2.75, 3.05) is 5.75 Å². The summed E-state index contributed by atoms with van der Waals surface area (Å²) in [5.74, 6) is 1.15. The van der Waals surface area contributed by atoms with E-state index < -0.39 is 0 Å². The fourth-order valence-electron chi connectivity index (χ4n) is 0.914. The Labute approximate surface area is 82.8 Å². The molecule has 1 rings (SSSR count). The third-order valence-corrected chi connectivity index (χ3v) is 2.73. The number of ketones is 1. The predicted molar refractivity (Wildman–Crippen MR) is 55.3 cm³/mol. The van der Waals surface area contributed by atoms with Crippen LogP contribution < -0.4 is 0 Å². The summed E-state index contributed by atoms with van der Waals surface area (Å²) >= 11 is 1.69. The van der Waals surface area contributed by atoms with E-state index in [0.29, 0.717) is 0 Å². The summed E-state index contributed by atoms with van der Waals surface area (Å²) in [7, 11) is 0. The SMILES string of the molecule is CCCSc1cc(C(C)=O)ccn1. The van der Waals surface area contributed by atoms with Gasteiger partial charge in [-0.3, -0.25) is 4.79 Å². The summed E-state index contributed by atoms with van der Waals surface area (Å²) in [4.78, 5) is 15.2. The van der Waals surface area contributed by atoms with Crippen molar-refractivity contribution in [3.63, 3.8) is 0 Å². The van der Waals surface area contributed by atoms with Gasteiger partial charge in [0, 0.05) is 11.8 Å². The van der Waals surface area contributed by atoms with Gasteiger partial charge < -0.3 is 0 Å². The molecule has 0 saturated heterocycles. The van der Waals surface area contributed by atoms with E-state index in [2.05, 4.69) is 11.9 Å². The number of aromatic nitrogens is 1. The van der Waals surface area contributed by atoms with Crippen LogP contribution in [-0.2, 0) is 0 Å². The van der Waals surface area contributed by atoms with E-state index in [1.54, 1.807) is 30.9 Å². The van der Waals surface area contributed by atoms with Crippen LogP contribution in [0.25, 0.3) is 0 Å². The molecule has 3 heteroatoms. The van der Waals surface area contributed by atoms with Gasteiger partial charge in [0.05, 0.1) is 5.03 Å². The minimum atomic E-state index is 0.0979. The van der Waals surface area contributed by atoms with Gasteiger partial charge in [-0.05, 0) is 31.2 Å². The van der Waals surface area contributed by atoms with Gasteiger partial charge in [0.2, 0.25) is 0 Å². The Hall–Kier alpha value is -0.830. The molecule has 0 radical (unpaired) electrons. The molecule has 0 aliphatic heterocycles. The topological polar surface area (TPSA) is 30.0 Å².